The number of hydrogen-bond acceptors (Lipinski definition) is 5. The molecule has 0 aliphatic heterocycles. The molecule has 2 aromatic carbocycles. The Labute approximate surface area is 158 Å². The van der Waals surface area contributed by atoms with E-state index in [0.29, 0.717) is 23.7 Å². The predicted molar refractivity (Wildman–Crippen MR) is 103 cm³/mol. The van der Waals surface area contributed by atoms with Gasteiger partial charge in [-0.3, -0.25) is 4.79 Å². The largest absolute Gasteiger partial charge is 0.490 e. The number of carbonyl (C=O) groups excluding carboxylic acids is 1. The van der Waals surface area contributed by atoms with E-state index in [0.717, 1.165) is 11.6 Å². The minimum Gasteiger partial charge on any atom is -0.490 e. The van der Waals surface area contributed by atoms with E-state index < -0.39 is 15.9 Å². The van der Waals surface area contributed by atoms with Gasteiger partial charge in [-0.15, -0.1) is 0 Å². The molecule has 0 aliphatic rings. The minimum absolute atomic E-state index is 0.105. The molecule has 7 heteroatoms. The number of amides is 1. The molecule has 0 radical (unpaired) electrons. The molecule has 0 saturated carbocycles. The van der Waals surface area contributed by atoms with Crippen LogP contribution in [0.5, 0.6) is 5.75 Å². The Morgan fingerprint density at radius 2 is 1.93 bits per heavy atom. The maximum absolute atomic E-state index is 12.5. The minimum atomic E-state index is -3.38. The van der Waals surface area contributed by atoms with Crippen LogP contribution in [0.15, 0.2) is 57.8 Å². The highest BCUT2D eigenvalue weighted by Gasteiger charge is 2.18. The number of nitrogens with one attached hydrogen (secondary N) is 1. The Bertz CT molecular complexity index is 1080. The smallest absolute Gasteiger partial charge is 0.251 e. The number of sulfone groups is 1. The van der Waals surface area contributed by atoms with Crippen molar-refractivity contribution < 1.29 is 22.4 Å². The van der Waals surface area contributed by atoms with Crippen molar-refractivity contribution in [1.82, 2.24) is 5.32 Å². The van der Waals surface area contributed by atoms with Crippen molar-refractivity contribution in [2.24, 2.45) is 0 Å². The summed E-state index contributed by atoms with van der Waals surface area (Å²) < 4.78 is 34.8. The van der Waals surface area contributed by atoms with Gasteiger partial charge in [0.15, 0.2) is 21.2 Å². The SMILES string of the molecule is CCOc1cccc2cc([C@H](C)NC(=O)c3cccc(S(C)(=O)=O)c3)oc12. The molecule has 0 fully saturated rings. The quantitative estimate of drug-likeness (QED) is 0.697. The van der Waals surface area contributed by atoms with Gasteiger partial charge in [0.05, 0.1) is 17.5 Å². The second kappa shape index (κ2) is 7.44. The Kier molecular flexibility index (Phi) is 5.23. The lowest BCUT2D eigenvalue weighted by Crippen LogP contribution is -2.26. The monoisotopic (exact) mass is 387 g/mol. The highest BCUT2D eigenvalue weighted by molar-refractivity contribution is 7.90. The van der Waals surface area contributed by atoms with Crippen LogP contribution in [0.3, 0.4) is 0 Å². The molecule has 1 amide bonds. The number of carbonyl (C=O) groups is 1. The molecular formula is C20H21NO5S. The fourth-order valence-electron chi connectivity index (χ4n) is 2.76. The zero-order valence-electron chi connectivity index (χ0n) is 15.4. The number of rotatable bonds is 6. The van der Waals surface area contributed by atoms with Gasteiger partial charge < -0.3 is 14.5 Å². The Balaban J connectivity index is 1.83. The van der Waals surface area contributed by atoms with Gasteiger partial charge in [-0.05, 0) is 44.2 Å². The summed E-state index contributed by atoms with van der Waals surface area (Å²) in [6, 6.07) is 13.0. The molecule has 0 bridgehead atoms. The summed E-state index contributed by atoms with van der Waals surface area (Å²) in [5, 5.41) is 3.72. The summed E-state index contributed by atoms with van der Waals surface area (Å²) in [5.74, 6) is 0.865. The molecule has 3 aromatic rings. The highest BCUT2D eigenvalue weighted by atomic mass is 32.2. The molecule has 0 aliphatic carbocycles. The van der Waals surface area contributed by atoms with Gasteiger partial charge in [-0.25, -0.2) is 8.42 Å². The van der Waals surface area contributed by atoms with Gasteiger partial charge in [0.2, 0.25) is 0 Å². The van der Waals surface area contributed by atoms with E-state index in [4.69, 9.17) is 9.15 Å². The fraction of sp³-hybridized carbons (Fsp3) is 0.250. The second-order valence-corrected chi connectivity index (χ2v) is 8.27. The molecule has 1 N–H and O–H groups in total. The number of para-hydroxylation sites is 1. The Morgan fingerprint density at radius 1 is 1.19 bits per heavy atom. The molecule has 6 nitrogen and oxygen atoms in total. The van der Waals surface area contributed by atoms with Crippen molar-refractivity contribution in [3.63, 3.8) is 0 Å². The zero-order valence-corrected chi connectivity index (χ0v) is 16.2. The molecule has 142 valence electrons. The van der Waals surface area contributed by atoms with Crippen LogP contribution in [0.25, 0.3) is 11.0 Å². The number of benzene rings is 2. The normalized spacial score (nSPS) is 12.7. The molecule has 1 aromatic heterocycles. The van der Waals surface area contributed by atoms with Gasteiger partial charge in [-0.2, -0.15) is 0 Å². The van der Waals surface area contributed by atoms with Gasteiger partial charge in [0.1, 0.15) is 5.76 Å². The first-order valence-corrected chi connectivity index (χ1v) is 10.4. The standard InChI is InChI=1S/C20H21NO5S/c1-4-25-17-10-6-7-14-12-18(26-19(14)17)13(2)21-20(22)15-8-5-9-16(11-15)27(3,23)24/h5-13H,4H2,1-3H3,(H,21,22)/t13-/m0/s1. The van der Waals surface area contributed by atoms with E-state index in [1.165, 1.54) is 12.1 Å². The Hall–Kier alpha value is -2.80. The number of ether oxygens (including phenoxy) is 1. The van der Waals surface area contributed by atoms with Gasteiger partial charge in [0, 0.05) is 17.2 Å². The summed E-state index contributed by atoms with van der Waals surface area (Å²) in [5.41, 5.74) is 0.908. The fourth-order valence-corrected chi connectivity index (χ4v) is 3.42. The van der Waals surface area contributed by atoms with Crippen molar-refractivity contribution in [2.45, 2.75) is 24.8 Å². The summed E-state index contributed by atoms with van der Waals surface area (Å²) in [6.45, 7) is 4.23. The summed E-state index contributed by atoms with van der Waals surface area (Å²) >= 11 is 0. The topological polar surface area (TPSA) is 85.6 Å². The first-order valence-electron chi connectivity index (χ1n) is 8.56. The number of fused-ring (bicyclic) bond motifs is 1. The lowest BCUT2D eigenvalue weighted by Gasteiger charge is -2.12. The lowest BCUT2D eigenvalue weighted by molar-refractivity contribution is 0.0935. The van der Waals surface area contributed by atoms with E-state index in [1.807, 2.05) is 31.2 Å². The van der Waals surface area contributed by atoms with Crippen LogP contribution in [-0.2, 0) is 9.84 Å². The molecule has 0 saturated heterocycles. The number of hydrogen-bond donors (Lipinski definition) is 1. The number of furan rings is 1. The van der Waals surface area contributed by atoms with E-state index >= 15 is 0 Å². The first kappa shape index (κ1) is 19.0. The average Bonchev–Trinajstić information content (AvgIpc) is 3.07. The molecule has 0 unspecified atom stereocenters. The average molecular weight is 387 g/mol. The third-order valence-corrected chi connectivity index (χ3v) is 5.24. The van der Waals surface area contributed by atoms with Crippen molar-refractivity contribution >= 4 is 26.7 Å². The van der Waals surface area contributed by atoms with Crippen LogP contribution in [0.2, 0.25) is 0 Å². The lowest BCUT2D eigenvalue weighted by atomic mass is 10.1. The third kappa shape index (κ3) is 4.14. The zero-order chi connectivity index (χ0) is 19.6. The van der Waals surface area contributed by atoms with Crippen LogP contribution in [-0.4, -0.2) is 27.2 Å². The van der Waals surface area contributed by atoms with E-state index in [9.17, 15) is 13.2 Å². The first-order chi connectivity index (χ1) is 12.8. The predicted octanol–water partition coefficient (Wildman–Crippen LogP) is 3.73. The third-order valence-electron chi connectivity index (χ3n) is 4.13. The van der Waals surface area contributed by atoms with Crippen LogP contribution >= 0.6 is 0 Å². The molecule has 1 atom stereocenters. The van der Waals surface area contributed by atoms with Crippen LogP contribution < -0.4 is 10.1 Å². The van der Waals surface area contributed by atoms with Crippen LogP contribution in [0, 0.1) is 0 Å². The molecular weight excluding hydrogens is 366 g/mol. The summed E-state index contributed by atoms with van der Waals surface area (Å²) in [4.78, 5) is 12.6. The maximum atomic E-state index is 12.5. The van der Waals surface area contributed by atoms with E-state index in [1.54, 1.807) is 19.1 Å². The summed E-state index contributed by atoms with van der Waals surface area (Å²) in [6.07, 6.45) is 1.11. The van der Waals surface area contributed by atoms with Gasteiger partial charge >= 0.3 is 0 Å². The van der Waals surface area contributed by atoms with Crippen molar-refractivity contribution in [3.05, 3.63) is 59.9 Å². The molecule has 0 spiro atoms. The Morgan fingerprint density at radius 3 is 2.63 bits per heavy atom. The van der Waals surface area contributed by atoms with Gasteiger partial charge in [0.25, 0.3) is 5.91 Å². The highest BCUT2D eigenvalue weighted by Crippen LogP contribution is 2.31. The second-order valence-electron chi connectivity index (χ2n) is 6.25. The van der Waals surface area contributed by atoms with Crippen molar-refractivity contribution in [1.29, 1.82) is 0 Å². The van der Waals surface area contributed by atoms with Crippen LogP contribution in [0.4, 0.5) is 0 Å². The van der Waals surface area contributed by atoms with Crippen molar-refractivity contribution in [3.8, 4) is 5.75 Å². The van der Waals surface area contributed by atoms with Gasteiger partial charge in [-0.1, -0.05) is 18.2 Å². The molecule has 27 heavy (non-hydrogen) atoms. The van der Waals surface area contributed by atoms with E-state index in [2.05, 4.69) is 5.32 Å². The molecule has 3 rings (SSSR count). The van der Waals surface area contributed by atoms with E-state index in [-0.39, 0.29) is 16.4 Å². The maximum Gasteiger partial charge on any atom is 0.251 e. The van der Waals surface area contributed by atoms with Crippen LogP contribution in [0.1, 0.15) is 36.0 Å². The molecule has 1 heterocycles. The van der Waals surface area contributed by atoms with Crippen molar-refractivity contribution in [2.75, 3.05) is 12.9 Å². The summed E-state index contributed by atoms with van der Waals surface area (Å²) in [7, 11) is -3.38.